The highest BCUT2D eigenvalue weighted by molar-refractivity contribution is 6.03. The molecular formula is C68H84IN7O3. The van der Waals surface area contributed by atoms with Crippen LogP contribution in [0.1, 0.15) is 146 Å². The Labute approximate surface area is 489 Å². The van der Waals surface area contributed by atoms with Crippen molar-refractivity contribution in [1.29, 1.82) is 0 Å². The summed E-state index contributed by atoms with van der Waals surface area (Å²) in [5, 5.41) is 14.8. The van der Waals surface area contributed by atoms with Crippen LogP contribution in [0.15, 0.2) is 178 Å². The number of hydrogen-bond acceptors (Lipinski definition) is 7. The van der Waals surface area contributed by atoms with Crippen molar-refractivity contribution in [3.05, 3.63) is 190 Å². The number of para-hydroxylation sites is 2. The molecule has 2 amide bonds. The summed E-state index contributed by atoms with van der Waals surface area (Å²) in [6, 6.07) is 41.1. The summed E-state index contributed by atoms with van der Waals surface area (Å²) < 4.78 is 9.54. The lowest BCUT2D eigenvalue weighted by Gasteiger charge is -2.27. The summed E-state index contributed by atoms with van der Waals surface area (Å²) in [4.78, 5) is 30.2. The van der Waals surface area contributed by atoms with E-state index in [1.54, 1.807) is 12.1 Å². The van der Waals surface area contributed by atoms with Crippen molar-refractivity contribution >= 4 is 46.0 Å². The monoisotopic (exact) mass is 1170 g/mol. The molecule has 5 aromatic carbocycles. The molecule has 2 aliphatic heterocycles. The van der Waals surface area contributed by atoms with E-state index in [0.29, 0.717) is 37.2 Å². The fraction of sp³-hybridized carbons (Fsp3) is 0.397. The van der Waals surface area contributed by atoms with Gasteiger partial charge in [0.25, 0.3) is 5.91 Å². The Morgan fingerprint density at radius 2 is 1.33 bits per heavy atom. The van der Waals surface area contributed by atoms with Gasteiger partial charge < -0.3 is 49.1 Å². The zero-order chi connectivity index (χ0) is 55.1. The van der Waals surface area contributed by atoms with Gasteiger partial charge in [-0.15, -0.1) is 0 Å². The summed E-state index contributed by atoms with van der Waals surface area (Å²) in [5.41, 5.74) is 14.5. The Kier molecular flexibility index (Phi) is 21.7. The largest absolute Gasteiger partial charge is 1.00 e. The van der Waals surface area contributed by atoms with Crippen molar-refractivity contribution in [2.24, 2.45) is 10.2 Å². The summed E-state index contributed by atoms with van der Waals surface area (Å²) >= 11 is 0. The van der Waals surface area contributed by atoms with Crippen LogP contribution >= 0.6 is 0 Å². The van der Waals surface area contributed by atoms with E-state index in [0.717, 1.165) is 112 Å². The average Bonchev–Trinajstić information content (AvgIpc) is 3.81. The smallest absolute Gasteiger partial charge is 0.251 e. The summed E-state index contributed by atoms with van der Waals surface area (Å²) in [5.74, 6) is 1.75. The molecule has 79 heavy (non-hydrogen) atoms. The first-order valence-corrected chi connectivity index (χ1v) is 28.8. The second-order valence-corrected chi connectivity index (χ2v) is 22.4. The van der Waals surface area contributed by atoms with Gasteiger partial charge in [-0.25, -0.2) is 0 Å². The number of amides is 2. The summed E-state index contributed by atoms with van der Waals surface area (Å²) in [7, 11) is 4.00. The molecule has 0 atom stereocenters. The molecule has 0 fully saturated rings. The van der Waals surface area contributed by atoms with Crippen molar-refractivity contribution < 1.29 is 42.9 Å². The second kappa shape index (κ2) is 28.5. The maximum Gasteiger partial charge on any atom is 0.251 e. The maximum atomic E-state index is 12.9. The molecule has 5 aromatic rings. The van der Waals surface area contributed by atoms with Crippen molar-refractivity contribution in [3.63, 3.8) is 0 Å². The second-order valence-electron chi connectivity index (χ2n) is 22.4. The minimum atomic E-state index is -0.127. The first-order valence-electron chi connectivity index (χ1n) is 28.8. The van der Waals surface area contributed by atoms with Crippen LogP contribution < -0.4 is 49.1 Å². The Balaban J connectivity index is 0.00000903. The molecule has 0 saturated carbocycles. The van der Waals surface area contributed by atoms with Gasteiger partial charge in [-0.05, 0) is 160 Å². The highest BCUT2D eigenvalue weighted by atomic mass is 127. The van der Waals surface area contributed by atoms with Gasteiger partial charge in [-0.1, -0.05) is 108 Å². The molecule has 0 aromatic heterocycles. The van der Waals surface area contributed by atoms with Crippen LogP contribution in [0.4, 0.5) is 28.4 Å². The predicted molar refractivity (Wildman–Crippen MR) is 323 cm³/mol. The number of carbonyl (C=O) groups excluding carboxylic acids is 2. The van der Waals surface area contributed by atoms with E-state index in [4.69, 9.17) is 4.74 Å². The zero-order valence-corrected chi connectivity index (χ0v) is 50.4. The van der Waals surface area contributed by atoms with E-state index < -0.39 is 0 Å². The van der Waals surface area contributed by atoms with Crippen molar-refractivity contribution in [2.75, 3.05) is 50.1 Å². The number of anilines is 2. The van der Waals surface area contributed by atoms with Crippen molar-refractivity contribution in [1.82, 2.24) is 10.6 Å². The lowest BCUT2D eigenvalue weighted by molar-refractivity contribution is -0.437. The van der Waals surface area contributed by atoms with E-state index in [1.807, 2.05) is 55.4 Å². The molecule has 0 unspecified atom stereocenters. The van der Waals surface area contributed by atoms with E-state index in [2.05, 4.69) is 169 Å². The number of nitrogens with one attached hydrogen (secondary N) is 2. The van der Waals surface area contributed by atoms with Gasteiger partial charge in [0.1, 0.15) is 18.1 Å². The number of nitrogens with zero attached hydrogens (tertiary/aromatic N) is 5. The number of azo groups is 1. The number of ether oxygens (including phenoxy) is 1. The number of aryl methyl sites for hydroxylation is 1. The summed E-state index contributed by atoms with van der Waals surface area (Å²) in [6.45, 7) is 17.2. The van der Waals surface area contributed by atoms with Gasteiger partial charge in [0.15, 0.2) is 5.71 Å². The number of allylic oxidation sites excluding steroid dienone is 7. The SMILES string of the molecule is CCCN1/C(=C/C=C2\CCCC(/C=C/C3=[N+](CCC)c4ccccc4C3(C)C)=C2Oc2ccc(CCC(=O)NCCCCCCCCNC(=O)c3ccc(N=Nc4ccc(N(C)C)cc4)cc3)cc2)C(C)(C)c2ccccc21.[I-]. The highest BCUT2D eigenvalue weighted by Gasteiger charge is 2.44. The van der Waals surface area contributed by atoms with Crippen LogP contribution in [0.5, 0.6) is 5.75 Å². The molecule has 10 nitrogen and oxygen atoms in total. The fourth-order valence-corrected chi connectivity index (χ4v) is 11.2. The van der Waals surface area contributed by atoms with Gasteiger partial charge >= 0.3 is 0 Å². The van der Waals surface area contributed by atoms with Crippen LogP contribution in [0.2, 0.25) is 0 Å². The third-order valence-corrected chi connectivity index (χ3v) is 15.6. The highest BCUT2D eigenvalue weighted by Crippen LogP contribution is 2.48. The molecule has 416 valence electrons. The third kappa shape index (κ3) is 15.2. The molecule has 11 heteroatoms. The van der Waals surface area contributed by atoms with Crippen LogP contribution in [0.25, 0.3) is 0 Å². The van der Waals surface area contributed by atoms with E-state index >= 15 is 0 Å². The molecule has 0 saturated heterocycles. The van der Waals surface area contributed by atoms with Crippen LogP contribution in [0, 0.1) is 0 Å². The number of benzene rings is 5. The standard InChI is InChI=1S/C68H83N7O3.HI/c1-9-48-74-60-26-17-15-24-58(60)67(3,4)62(74)43-33-51-22-21-23-52(34-44-63-68(5,6)59-25-16-18-27-61(59)75(63)49-10-2)65(51)78-57-41-28-50(29-42-57)30-45-64(76)69-46-19-13-11-12-14-20-47-70-66(77)53-31-35-54(36-32-53)71-72-55-37-39-56(40-38-55)73(7)8;/h15-18,24-29,31-44H,9-14,19-23,30,45-49H2,1-8H3,(H-,69,70,76,77);1H. The minimum Gasteiger partial charge on any atom is -1.00 e. The van der Waals surface area contributed by atoms with Crippen molar-refractivity contribution in [2.45, 2.75) is 136 Å². The minimum absolute atomic E-state index is 0. The maximum absolute atomic E-state index is 12.9. The van der Waals surface area contributed by atoms with Gasteiger partial charge in [-0.2, -0.15) is 14.8 Å². The molecule has 2 N–H and O–H groups in total. The van der Waals surface area contributed by atoms with Gasteiger partial charge in [0.2, 0.25) is 11.6 Å². The van der Waals surface area contributed by atoms with E-state index in [9.17, 15) is 9.59 Å². The van der Waals surface area contributed by atoms with E-state index in [1.165, 1.54) is 45.1 Å². The topological polar surface area (TPSA) is 102 Å². The van der Waals surface area contributed by atoms with Crippen LogP contribution in [-0.2, 0) is 22.0 Å². The Morgan fingerprint density at radius 3 is 2.00 bits per heavy atom. The summed E-state index contributed by atoms with van der Waals surface area (Å²) in [6.07, 6.45) is 21.8. The average molecular weight is 1170 g/mol. The zero-order valence-electron chi connectivity index (χ0n) is 48.2. The fourth-order valence-electron chi connectivity index (χ4n) is 11.2. The molecule has 3 aliphatic rings. The lowest BCUT2D eigenvalue weighted by Crippen LogP contribution is -3.00. The number of fused-ring (bicyclic) bond motifs is 2. The lowest BCUT2D eigenvalue weighted by atomic mass is 9.81. The normalized spacial score (nSPS) is 16.4. The van der Waals surface area contributed by atoms with Crippen LogP contribution in [-0.4, -0.2) is 62.4 Å². The first kappa shape index (κ1) is 60.0. The van der Waals surface area contributed by atoms with Gasteiger partial charge in [0.05, 0.1) is 16.8 Å². The quantitative estimate of drug-likeness (QED) is 0.0262. The molecule has 0 spiro atoms. The third-order valence-electron chi connectivity index (χ3n) is 15.6. The predicted octanol–water partition coefficient (Wildman–Crippen LogP) is 12.9. The molecule has 8 rings (SSSR count). The number of unbranched alkanes of at least 4 members (excludes halogenated alkanes) is 5. The number of hydrogen-bond donors (Lipinski definition) is 2. The van der Waals surface area contributed by atoms with Gasteiger partial charge in [0, 0.05) is 92.3 Å². The van der Waals surface area contributed by atoms with Crippen LogP contribution in [0.3, 0.4) is 0 Å². The van der Waals surface area contributed by atoms with E-state index in [-0.39, 0.29) is 46.6 Å². The number of rotatable bonds is 25. The van der Waals surface area contributed by atoms with Crippen molar-refractivity contribution in [3.8, 4) is 5.75 Å². The molecule has 2 heterocycles. The first-order chi connectivity index (χ1) is 37.8. The Morgan fingerprint density at radius 1 is 0.696 bits per heavy atom. The molecule has 1 aliphatic carbocycles. The number of halogens is 1. The Bertz CT molecular complexity index is 3050. The molecule has 0 radical (unpaired) electrons. The Hall–Kier alpha value is -6.60. The molecular weight excluding hydrogens is 1090 g/mol. The molecule has 0 bridgehead atoms. The number of carbonyl (C=O) groups is 2. The van der Waals surface area contributed by atoms with Gasteiger partial charge in [-0.3, -0.25) is 9.59 Å².